The van der Waals surface area contributed by atoms with Crippen LogP contribution in [0.5, 0.6) is 0 Å². The molecule has 304 valence electrons. The molecular formula is C41H50O15. The first kappa shape index (κ1) is 43.0. The molecule has 3 aromatic rings. The summed E-state index contributed by atoms with van der Waals surface area (Å²) in [7, 11) is 3.71. The second-order valence-electron chi connectivity index (χ2n) is 12.8. The van der Waals surface area contributed by atoms with E-state index >= 15 is 0 Å². The minimum atomic E-state index is -1.41. The van der Waals surface area contributed by atoms with Crippen LogP contribution in [0.3, 0.4) is 0 Å². The molecule has 0 saturated carbocycles. The van der Waals surface area contributed by atoms with Gasteiger partial charge < -0.3 is 42.6 Å². The summed E-state index contributed by atoms with van der Waals surface area (Å²) in [5, 5.41) is 0. The molecule has 15 heteroatoms. The molecule has 2 aliphatic heterocycles. The van der Waals surface area contributed by atoms with Crippen molar-refractivity contribution in [1.82, 2.24) is 0 Å². The lowest BCUT2D eigenvalue weighted by atomic mass is 9.96. The van der Waals surface area contributed by atoms with Crippen LogP contribution in [0.2, 0.25) is 0 Å². The zero-order chi connectivity index (χ0) is 39.7. The van der Waals surface area contributed by atoms with Gasteiger partial charge in [0.1, 0.15) is 24.4 Å². The Bertz CT molecular complexity index is 1600. The molecule has 0 aromatic heterocycles. The van der Waals surface area contributed by atoms with Crippen LogP contribution >= 0.6 is 0 Å². The summed E-state index contributed by atoms with van der Waals surface area (Å²) < 4.78 is 55.8. The normalized spacial score (nSPS) is 27.6. The van der Waals surface area contributed by atoms with E-state index in [1.54, 1.807) is 0 Å². The quantitative estimate of drug-likeness (QED) is 0.0648. The van der Waals surface area contributed by atoms with Gasteiger partial charge in [0.25, 0.3) is 0 Å². The van der Waals surface area contributed by atoms with Gasteiger partial charge in [0.15, 0.2) is 37.0 Å². The van der Waals surface area contributed by atoms with E-state index in [9.17, 15) is 9.59 Å². The predicted octanol–water partition coefficient (Wildman–Crippen LogP) is 4.41. The van der Waals surface area contributed by atoms with Gasteiger partial charge in [-0.25, -0.2) is 24.3 Å². The van der Waals surface area contributed by atoms with Crippen LogP contribution in [0.4, 0.5) is 0 Å². The van der Waals surface area contributed by atoms with Crippen LogP contribution < -0.4 is 0 Å². The fourth-order valence-electron chi connectivity index (χ4n) is 6.38. The molecular weight excluding hydrogens is 732 g/mol. The van der Waals surface area contributed by atoms with Crippen LogP contribution in [0.1, 0.15) is 23.6 Å². The van der Waals surface area contributed by atoms with Crippen LogP contribution in [-0.4, -0.2) is 108 Å². The van der Waals surface area contributed by atoms with Crippen molar-refractivity contribution in [2.75, 3.05) is 34.5 Å². The maximum atomic E-state index is 12.9. The molecule has 10 atom stereocenters. The van der Waals surface area contributed by atoms with Crippen LogP contribution in [0, 0.1) is 0 Å². The molecule has 0 N–H and O–H groups in total. The summed E-state index contributed by atoms with van der Waals surface area (Å²) in [6, 6.07) is 28.8. The summed E-state index contributed by atoms with van der Waals surface area (Å²) in [5.74, 6) is -1.45. The van der Waals surface area contributed by atoms with E-state index < -0.39 is 73.4 Å². The number of hydrogen-bond acceptors (Lipinski definition) is 15. The molecule has 0 spiro atoms. The van der Waals surface area contributed by atoms with Gasteiger partial charge in [-0.1, -0.05) is 97.1 Å². The molecule has 0 bridgehead atoms. The summed E-state index contributed by atoms with van der Waals surface area (Å²) >= 11 is 0. The number of ether oxygens (including phenoxy) is 9. The van der Waals surface area contributed by atoms with Crippen molar-refractivity contribution >= 4 is 11.9 Å². The van der Waals surface area contributed by atoms with E-state index in [0.717, 1.165) is 16.7 Å². The molecule has 0 aliphatic carbocycles. The average Bonchev–Trinajstić information content (AvgIpc) is 3.22. The van der Waals surface area contributed by atoms with Crippen LogP contribution in [0.25, 0.3) is 0 Å². The standard InChI is InChI=1S/C41H50O15/c1-6-22-48-40-38(35(56-46-5)34(55-45-4)36(53-40)39(43)44-3)54-41-37(51-27(2)42)33(50-25-30-20-14-9-15-21-30)32(49-24-29-18-12-8-13-19-29)31(52-41)26-47-23-28-16-10-7-11-17-28/h6-21,31-38,40-41H,1,22-26H2,2-5H3/t31-,32+,33+,34+,35+,36+,37-,38-,40-,41+/m1/s1. The Kier molecular flexibility index (Phi) is 17.4. The first-order valence-electron chi connectivity index (χ1n) is 18.1. The third-order valence-corrected chi connectivity index (χ3v) is 8.87. The van der Waals surface area contributed by atoms with Crippen LogP contribution in [0.15, 0.2) is 104 Å². The summed E-state index contributed by atoms with van der Waals surface area (Å²) in [6.45, 7) is 5.54. The number of carbonyl (C=O) groups is 2. The minimum absolute atomic E-state index is 0.0155. The molecule has 2 heterocycles. The Labute approximate surface area is 326 Å². The van der Waals surface area contributed by atoms with Crippen LogP contribution in [-0.2, 0) is 91.6 Å². The summed E-state index contributed by atoms with van der Waals surface area (Å²) in [4.78, 5) is 47.1. The summed E-state index contributed by atoms with van der Waals surface area (Å²) in [5.41, 5.74) is 2.70. The van der Waals surface area contributed by atoms with Gasteiger partial charge in [0, 0.05) is 6.92 Å². The Morgan fingerprint density at radius 3 is 1.73 bits per heavy atom. The number of esters is 2. The highest BCUT2D eigenvalue weighted by Crippen LogP contribution is 2.36. The van der Waals surface area contributed by atoms with E-state index in [0.29, 0.717) is 0 Å². The van der Waals surface area contributed by atoms with Gasteiger partial charge in [-0.15, -0.1) is 6.58 Å². The topological polar surface area (TPSA) is 154 Å². The van der Waals surface area contributed by atoms with Crippen molar-refractivity contribution in [3.8, 4) is 0 Å². The number of hydrogen-bond donors (Lipinski definition) is 0. The molecule has 3 aromatic carbocycles. The lowest BCUT2D eigenvalue weighted by Crippen LogP contribution is -2.67. The fourth-order valence-corrected chi connectivity index (χ4v) is 6.38. The highest BCUT2D eigenvalue weighted by molar-refractivity contribution is 5.75. The van der Waals surface area contributed by atoms with E-state index in [2.05, 4.69) is 6.58 Å². The third-order valence-electron chi connectivity index (χ3n) is 8.87. The number of carbonyl (C=O) groups excluding carboxylic acids is 2. The van der Waals surface area contributed by atoms with Crippen molar-refractivity contribution in [2.24, 2.45) is 0 Å². The molecule has 15 nitrogen and oxygen atoms in total. The van der Waals surface area contributed by atoms with E-state index in [4.69, 9.17) is 62.2 Å². The lowest BCUT2D eigenvalue weighted by molar-refractivity contribution is -0.444. The fraction of sp³-hybridized carbons (Fsp3) is 0.463. The van der Waals surface area contributed by atoms with Gasteiger partial charge in [0.2, 0.25) is 0 Å². The van der Waals surface area contributed by atoms with Crippen molar-refractivity contribution in [1.29, 1.82) is 0 Å². The molecule has 5 rings (SSSR count). The Morgan fingerprint density at radius 1 is 0.643 bits per heavy atom. The van der Waals surface area contributed by atoms with Crippen molar-refractivity contribution < 1.29 is 71.8 Å². The Morgan fingerprint density at radius 2 is 1.20 bits per heavy atom. The number of rotatable bonds is 21. The molecule has 2 saturated heterocycles. The van der Waals surface area contributed by atoms with Crippen molar-refractivity contribution in [3.63, 3.8) is 0 Å². The van der Waals surface area contributed by atoms with Crippen molar-refractivity contribution in [2.45, 2.75) is 88.2 Å². The van der Waals surface area contributed by atoms with Gasteiger partial charge in [0.05, 0.1) is 54.4 Å². The van der Waals surface area contributed by atoms with Gasteiger partial charge >= 0.3 is 11.9 Å². The molecule has 56 heavy (non-hydrogen) atoms. The molecule has 0 unspecified atom stereocenters. The second kappa shape index (κ2) is 22.6. The highest BCUT2D eigenvalue weighted by atomic mass is 17.2. The minimum Gasteiger partial charge on any atom is -0.467 e. The van der Waals surface area contributed by atoms with Gasteiger partial charge in [-0.3, -0.25) is 4.79 Å². The van der Waals surface area contributed by atoms with Gasteiger partial charge in [-0.05, 0) is 16.7 Å². The first-order chi connectivity index (χ1) is 27.4. The van der Waals surface area contributed by atoms with Crippen molar-refractivity contribution in [3.05, 3.63) is 120 Å². The Hall–Kier alpha value is -4.10. The lowest BCUT2D eigenvalue weighted by Gasteiger charge is -2.48. The monoisotopic (exact) mass is 782 g/mol. The molecule has 2 fully saturated rings. The number of benzene rings is 3. The average molecular weight is 783 g/mol. The predicted molar refractivity (Wildman–Crippen MR) is 196 cm³/mol. The number of methoxy groups -OCH3 is 1. The maximum absolute atomic E-state index is 12.9. The Balaban J connectivity index is 1.54. The molecule has 2 aliphatic rings. The third kappa shape index (κ3) is 12.0. The SMILES string of the molecule is C=CCO[C@@H]1O[C@H](C(=O)OC)[C@@H](OOC)[C@H](OOC)[C@H]1O[C@@H]1O[C@H](COCc2ccccc2)[C@H](OCc2ccccc2)[C@H](OCc2ccccc2)[C@H]1OC(C)=O. The highest BCUT2D eigenvalue weighted by Gasteiger charge is 2.57. The zero-order valence-electron chi connectivity index (χ0n) is 31.9. The largest absolute Gasteiger partial charge is 0.467 e. The molecule has 0 amide bonds. The zero-order valence-corrected chi connectivity index (χ0v) is 31.9. The summed E-state index contributed by atoms with van der Waals surface area (Å²) in [6.07, 6.45) is -10.5. The smallest absolute Gasteiger partial charge is 0.338 e. The first-order valence-corrected chi connectivity index (χ1v) is 18.1. The van der Waals surface area contributed by atoms with E-state index in [1.807, 2.05) is 91.0 Å². The molecule has 0 radical (unpaired) electrons. The van der Waals surface area contributed by atoms with E-state index in [-0.39, 0.29) is 33.0 Å². The maximum Gasteiger partial charge on any atom is 0.338 e. The van der Waals surface area contributed by atoms with E-state index in [1.165, 1.54) is 34.3 Å². The second-order valence-corrected chi connectivity index (χ2v) is 12.8. The van der Waals surface area contributed by atoms with Gasteiger partial charge in [-0.2, -0.15) is 0 Å².